The molecule has 1 aliphatic rings. The number of H-pyrrole nitrogens is 1. The van der Waals surface area contributed by atoms with Crippen molar-refractivity contribution < 1.29 is 9.53 Å². The molecule has 3 heterocycles. The zero-order chi connectivity index (χ0) is 31.6. The minimum atomic E-state index is -0.334. The minimum absolute atomic E-state index is 0.189. The number of aromatic amines is 1. The zero-order valence-electron chi connectivity index (χ0n) is 25.3. The molecule has 45 heavy (non-hydrogen) atoms. The number of carbonyl (C=O) groups is 1. The van der Waals surface area contributed by atoms with Crippen molar-refractivity contribution in [3.8, 4) is 11.3 Å². The summed E-state index contributed by atoms with van der Waals surface area (Å²) in [7, 11) is 3.25. The Labute approximate surface area is 273 Å². The average Bonchev–Trinajstić information content (AvgIpc) is 3.53. The van der Waals surface area contributed by atoms with Crippen molar-refractivity contribution in [1.29, 1.82) is 0 Å². The summed E-state index contributed by atoms with van der Waals surface area (Å²) in [5, 5.41) is 3.35. The van der Waals surface area contributed by atoms with E-state index in [1.165, 1.54) is 23.5 Å². The highest BCUT2D eigenvalue weighted by atomic mass is 35.5. The normalized spacial score (nSPS) is 13.9. The van der Waals surface area contributed by atoms with Crippen LogP contribution in [0.4, 0.5) is 0 Å². The molecule has 10 heteroatoms. The SMILES string of the molecule is COC.O=C(NCc1ccc(CN(Cc2ncc(-c3ccccc3)[nH]2)C2CCCc3cccnc32)cc1)c1c(Cl)cncc1Cl. The maximum Gasteiger partial charge on any atom is 0.254 e. The first kappa shape index (κ1) is 32.3. The van der Waals surface area contributed by atoms with Crippen LogP contribution in [0.3, 0.4) is 0 Å². The van der Waals surface area contributed by atoms with Gasteiger partial charge in [0.25, 0.3) is 5.91 Å². The summed E-state index contributed by atoms with van der Waals surface area (Å²) in [6, 6.07) is 23.0. The summed E-state index contributed by atoms with van der Waals surface area (Å²) < 4.78 is 4.25. The van der Waals surface area contributed by atoms with Crippen molar-refractivity contribution in [1.82, 2.24) is 30.2 Å². The Kier molecular flexibility index (Phi) is 11.3. The van der Waals surface area contributed by atoms with E-state index in [-0.39, 0.29) is 27.6 Å². The van der Waals surface area contributed by atoms with Crippen LogP contribution in [0.1, 0.15) is 57.5 Å². The average molecular weight is 644 g/mol. The number of rotatable bonds is 9. The van der Waals surface area contributed by atoms with Gasteiger partial charge in [-0.2, -0.15) is 0 Å². The standard InChI is InChI=1S/C33H30Cl2N6O.C2H6O/c34-26-17-36-18-27(35)31(26)33(42)39-16-22-11-13-23(14-12-22)20-41(29-10-4-8-25-9-5-15-37-32(25)29)21-30-38-19-28(40-30)24-6-2-1-3-7-24;1-3-2/h1-3,5-7,9,11-15,17-19,29H,4,8,10,16,20-21H2,(H,38,40)(H,39,42);1-2H3. The highest BCUT2D eigenvalue weighted by Crippen LogP contribution is 2.35. The molecule has 1 unspecified atom stereocenters. The number of hydrogen-bond acceptors (Lipinski definition) is 6. The number of benzene rings is 2. The van der Waals surface area contributed by atoms with E-state index in [9.17, 15) is 4.79 Å². The van der Waals surface area contributed by atoms with Crippen molar-refractivity contribution in [2.75, 3.05) is 14.2 Å². The second-order valence-electron chi connectivity index (χ2n) is 10.9. The Balaban J connectivity index is 0.00000128. The molecule has 232 valence electrons. The Hall–Kier alpha value is -4.08. The quantitative estimate of drug-likeness (QED) is 0.173. The first-order valence-corrected chi connectivity index (χ1v) is 15.5. The lowest BCUT2D eigenvalue weighted by atomic mass is 9.90. The second kappa shape index (κ2) is 15.8. The van der Waals surface area contributed by atoms with Crippen molar-refractivity contribution >= 4 is 29.1 Å². The van der Waals surface area contributed by atoms with Gasteiger partial charge in [0.2, 0.25) is 0 Å². The number of nitrogens with one attached hydrogen (secondary N) is 2. The van der Waals surface area contributed by atoms with Gasteiger partial charge in [0, 0.05) is 45.9 Å². The van der Waals surface area contributed by atoms with Crippen LogP contribution in [0.25, 0.3) is 11.3 Å². The number of amides is 1. The molecule has 0 spiro atoms. The van der Waals surface area contributed by atoms with Crippen molar-refractivity contribution in [2.45, 2.75) is 44.9 Å². The number of aryl methyl sites for hydroxylation is 1. The number of hydrogen-bond donors (Lipinski definition) is 2. The monoisotopic (exact) mass is 642 g/mol. The topological polar surface area (TPSA) is 96.0 Å². The molecule has 3 aromatic heterocycles. The maximum absolute atomic E-state index is 12.7. The van der Waals surface area contributed by atoms with Crippen LogP contribution in [-0.2, 0) is 30.8 Å². The smallest absolute Gasteiger partial charge is 0.254 e. The van der Waals surface area contributed by atoms with Crippen LogP contribution in [0.5, 0.6) is 0 Å². The van der Waals surface area contributed by atoms with E-state index >= 15 is 0 Å². The number of carbonyl (C=O) groups excluding carboxylic acids is 1. The summed E-state index contributed by atoms with van der Waals surface area (Å²) in [4.78, 5) is 32.1. The third kappa shape index (κ3) is 8.35. The van der Waals surface area contributed by atoms with E-state index in [0.717, 1.165) is 54.1 Å². The molecule has 1 aliphatic carbocycles. The fourth-order valence-corrected chi connectivity index (χ4v) is 6.05. The third-order valence-corrected chi connectivity index (χ3v) is 8.19. The van der Waals surface area contributed by atoms with Gasteiger partial charge >= 0.3 is 0 Å². The molecule has 0 saturated heterocycles. The van der Waals surface area contributed by atoms with Crippen LogP contribution in [-0.4, -0.2) is 45.0 Å². The molecule has 0 radical (unpaired) electrons. The summed E-state index contributed by atoms with van der Waals surface area (Å²) in [5.74, 6) is 0.587. The van der Waals surface area contributed by atoms with Gasteiger partial charge in [-0.15, -0.1) is 0 Å². The lowest BCUT2D eigenvalue weighted by Gasteiger charge is -2.34. The number of aromatic nitrogens is 4. The predicted octanol–water partition coefficient (Wildman–Crippen LogP) is 7.45. The summed E-state index contributed by atoms with van der Waals surface area (Å²) in [6.45, 7) is 1.75. The van der Waals surface area contributed by atoms with Gasteiger partial charge in [0.15, 0.2) is 0 Å². The summed E-state index contributed by atoms with van der Waals surface area (Å²) in [5.41, 5.74) is 6.98. The summed E-state index contributed by atoms with van der Waals surface area (Å²) in [6.07, 6.45) is 9.85. The Morgan fingerprint density at radius 1 is 0.933 bits per heavy atom. The lowest BCUT2D eigenvalue weighted by Crippen LogP contribution is -2.31. The van der Waals surface area contributed by atoms with E-state index in [2.05, 4.69) is 55.3 Å². The Morgan fingerprint density at radius 2 is 1.64 bits per heavy atom. The van der Waals surface area contributed by atoms with E-state index < -0.39 is 0 Å². The number of pyridine rings is 2. The van der Waals surface area contributed by atoms with Gasteiger partial charge in [-0.25, -0.2) is 4.98 Å². The van der Waals surface area contributed by atoms with Gasteiger partial charge in [0.1, 0.15) is 5.82 Å². The molecule has 8 nitrogen and oxygen atoms in total. The van der Waals surface area contributed by atoms with Crippen LogP contribution in [0, 0.1) is 0 Å². The van der Waals surface area contributed by atoms with Crippen LogP contribution < -0.4 is 5.32 Å². The fourth-order valence-electron chi connectivity index (χ4n) is 5.51. The van der Waals surface area contributed by atoms with Crippen LogP contribution >= 0.6 is 23.2 Å². The van der Waals surface area contributed by atoms with Crippen molar-refractivity contribution in [3.63, 3.8) is 0 Å². The van der Waals surface area contributed by atoms with Gasteiger partial charge < -0.3 is 15.0 Å². The first-order valence-electron chi connectivity index (χ1n) is 14.8. The third-order valence-electron chi connectivity index (χ3n) is 7.61. The number of ether oxygens (including phenoxy) is 1. The minimum Gasteiger partial charge on any atom is -0.388 e. The molecule has 6 rings (SSSR count). The molecule has 1 atom stereocenters. The fraction of sp³-hybridized carbons (Fsp3) is 0.257. The lowest BCUT2D eigenvalue weighted by molar-refractivity contribution is 0.0951. The molecule has 0 bridgehead atoms. The van der Waals surface area contributed by atoms with Crippen molar-refractivity contribution in [3.05, 3.63) is 135 Å². The molecular weight excluding hydrogens is 607 g/mol. The number of fused-ring (bicyclic) bond motifs is 1. The second-order valence-corrected chi connectivity index (χ2v) is 11.7. The van der Waals surface area contributed by atoms with E-state index in [4.69, 9.17) is 33.2 Å². The van der Waals surface area contributed by atoms with E-state index in [0.29, 0.717) is 13.1 Å². The van der Waals surface area contributed by atoms with Gasteiger partial charge in [-0.05, 0) is 47.6 Å². The van der Waals surface area contributed by atoms with E-state index in [1.54, 1.807) is 14.2 Å². The highest BCUT2D eigenvalue weighted by Gasteiger charge is 2.28. The maximum atomic E-state index is 12.7. The largest absolute Gasteiger partial charge is 0.388 e. The van der Waals surface area contributed by atoms with Gasteiger partial charge in [0.05, 0.1) is 45.8 Å². The molecule has 0 aliphatic heterocycles. The molecular formula is C35H36Cl2N6O2. The number of halogens is 2. The molecule has 0 saturated carbocycles. The van der Waals surface area contributed by atoms with Crippen molar-refractivity contribution in [2.24, 2.45) is 0 Å². The van der Waals surface area contributed by atoms with Crippen LogP contribution in [0.15, 0.2) is 91.5 Å². The molecule has 2 aromatic carbocycles. The Morgan fingerprint density at radius 3 is 2.38 bits per heavy atom. The predicted molar refractivity (Wildman–Crippen MR) is 178 cm³/mol. The number of methoxy groups -OCH3 is 1. The number of imidazole rings is 1. The molecule has 1 amide bonds. The van der Waals surface area contributed by atoms with Gasteiger partial charge in [-0.1, -0.05) is 83.9 Å². The first-order chi connectivity index (χ1) is 22.0. The van der Waals surface area contributed by atoms with Crippen LogP contribution in [0.2, 0.25) is 10.0 Å². The summed E-state index contributed by atoms with van der Waals surface area (Å²) >= 11 is 12.3. The molecule has 0 fully saturated rings. The molecule has 2 N–H and O–H groups in total. The van der Waals surface area contributed by atoms with E-state index in [1.807, 2.05) is 48.8 Å². The highest BCUT2D eigenvalue weighted by molar-refractivity contribution is 6.39. The zero-order valence-corrected chi connectivity index (χ0v) is 26.9. The van der Waals surface area contributed by atoms with Gasteiger partial charge in [-0.3, -0.25) is 19.7 Å². The molecule has 5 aromatic rings. The Bertz CT molecular complexity index is 1670. The number of nitrogens with zero attached hydrogens (tertiary/aromatic N) is 4.